The summed E-state index contributed by atoms with van der Waals surface area (Å²) in [7, 11) is 0. The number of amides is 1. The Balaban J connectivity index is 1.80. The second-order valence-corrected chi connectivity index (χ2v) is 6.31. The van der Waals surface area contributed by atoms with Crippen LogP contribution in [0.5, 0.6) is 0 Å². The van der Waals surface area contributed by atoms with Gasteiger partial charge < -0.3 is 4.90 Å². The highest BCUT2D eigenvalue weighted by Gasteiger charge is 2.17. The van der Waals surface area contributed by atoms with Crippen molar-refractivity contribution in [2.45, 2.75) is 32.2 Å². The summed E-state index contributed by atoms with van der Waals surface area (Å²) in [5.74, 6) is -0.109. The highest BCUT2D eigenvalue weighted by Crippen LogP contribution is 2.19. The van der Waals surface area contributed by atoms with Gasteiger partial charge in [-0.15, -0.1) is 0 Å². The molecule has 0 unspecified atom stereocenters. The molecule has 0 radical (unpaired) electrons. The van der Waals surface area contributed by atoms with Gasteiger partial charge in [-0.25, -0.2) is 4.68 Å². The van der Waals surface area contributed by atoms with E-state index in [-0.39, 0.29) is 23.7 Å². The smallest absolute Gasteiger partial charge is 0.269 e. The first kappa shape index (κ1) is 17.8. The van der Waals surface area contributed by atoms with Gasteiger partial charge in [0.15, 0.2) is 0 Å². The van der Waals surface area contributed by atoms with Crippen molar-refractivity contribution >= 4 is 11.6 Å². The van der Waals surface area contributed by atoms with Crippen LogP contribution in [0.2, 0.25) is 0 Å². The van der Waals surface area contributed by atoms with Crippen molar-refractivity contribution < 1.29 is 9.72 Å². The molecule has 2 heterocycles. The van der Waals surface area contributed by atoms with Crippen LogP contribution in [0.4, 0.5) is 5.69 Å². The monoisotopic (exact) mass is 356 g/mol. The lowest BCUT2D eigenvalue weighted by molar-refractivity contribution is -0.384. The van der Waals surface area contributed by atoms with E-state index in [0.717, 1.165) is 43.5 Å². The fourth-order valence-corrected chi connectivity index (χ4v) is 3.02. The molecule has 136 valence electrons. The highest BCUT2D eigenvalue weighted by atomic mass is 16.6. The summed E-state index contributed by atoms with van der Waals surface area (Å²) in [5.41, 5.74) is 0.770. The van der Waals surface area contributed by atoms with Crippen LogP contribution >= 0.6 is 0 Å². The minimum atomic E-state index is -0.474. The number of nitro groups is 1. The maximum atomic E-state index is 12.5. The third kappa shape index (κ3) is 4.14. The zero-order valence-corrected chi connectivity index (χ0v) is 14.3. The first-order valence-corrected chi connectivity index (χ1v) is 8.65. The summed E-state index contributed by atoms with van der Waals surface area (Å²) < 4.78 is 1.16. The summed E-state index contributed by atoms with van der Waals surface area (Å²) in [6.07, 6.45) is 4.21. The van der Waals surface area contributed by atoms with E-state index < -0.39 is 4.92 Å². The number of carbonyl (C=O) groups excluding carboxylic acids is 1. The molecule has 1 aromatic carbocycles. The molecule has 26 heavy (non-hydrogen) atoms. The number of aromatic nitrogens is 2. The van der Waals surface area contributed by atoms with Crippen LogP contribution in [0.15, 0.2) is 41.2 Å². The molecular weight excluding hydrogens is 336 g/mol. The Labute approximate surface area is 150 Å². The van der Waals surface area contributed by atoms with Gasteiger partial charge in [0.25, 0.3) is 11.2 Å². The van der Waals surface area contributed by atoms with E-state index in [4.69, 9.17) is 0 Å². The quantitative estimate of drug-likeness (QED) is 0.618. The minimum Gasteiger partial charge on any atom is -0.341 e. The Morgan fingerprint density at radius 1 is 1.04 bits per heavy atom. The number of non-ortho nitro benzene ring substituents is 1. The predicted octanol–water partition coefficient (Wildman–Crippen LogP) is 2.22. The maximum absolute atomic E-state index is 12.5. The standard InChI is InChI=1S/C18H20N4O4/c23-17-10-9-16(14-5-7-15(8-6-14)22(25)26)19-21(17)13-18(24)20-11-3-1-2-4-12-20/h5-10H,1-4,11-13H2. The number of carbonyl (C=O) groups is 1. The topological polar surface area (TPSA) is 98.3 Å². The predicted molar refractivity (Wildman–Crippen MR) is 95.6 cm³/mol. The Morgan fingerprint density at radius 3 is 2.31 bits per heavy atom. The average molecular weight is 356 g/mol. The van der Waals surface area contributed by atoms with Gasteiger partial charge >= 0.3 is 0 Å². The Bertz CT molecular complexity index is 852. The summed E-state index contributed by atoms with van der Waals surface area (Å²) in [6.45, 7) is 1.34. The summed E-state index contributed by atoms with van der Waals surface area (Å²) in [4.78, 5) is 36.6. The molecule has 1 aliphatic rings. The summed E-state index contributed by atoms with van der Waals surface area (Å²) in [5, 5.41) is 15.0. The zero-order chi connectivity index (χ0) is 18.5. The van der Waals surface area contributed by atoms with Gasteiger partial charge in [0.1, 0.15) is 6.54 Å². The first-order chi connectivity index (χ1) is 12.5. The van der Waals surface area contributed by atoms with Gasteiger partial charge in [-0.3, -0.25) is 19.7 Å². The van der Waals surface area contributed by atoms with Crippen LogP contribution in [0.1, 0.15) is 25.7 Å². The number of hydrogen-bond acceptors (Lipinski definition) is 5. The van der Waals surface area contributed by atoms with Crippen molar-refractivity contribution in [1.82, 2.24) is 14.7 Å². The van der Waals surface area contributed by atoms with Crippen molar-refractivity contribution in [1.29, 1.82) is 0 Å². The lowest BCUT2D eigenvalue weighted by Gasteiger charge is -2.20. The molecule has 3 rings (SSSR count). The molecule has 1 aliphatic heterocycles. The number of nitro benzene ring substituents is 1. The molecule has 1 amide bonds. The van der Waals surface area contributed by atoms with Gasteiger partial charge in [0, 0.05) is 36.9 Å². The summed E-state index contributed by atoms with van der Waals surface area (Å²) >= 11 is 0. The zero-order valence-electron chi connectivity index (χ0n) is 14.3. The number of nitrogens with zero attached hydrogens (tertiary/aromatic N) is 4. The largest absolute Gasteiger partial charge is 0.341 e. The van der Waals surface area contributed by atoms with E-state index in [2.05, 4.69) is 5.10 Å². The highest BCUT2D eigenvalue weighted by molar-refractivity contribution is 5.76. The van der Waals surface area contributed by atoms with Crippen LogP contribution in [0.25, 0.3) is 11.3 Å². The van der Waals surface area contributed by atoms with Crippen molar-refractivity contribution in [2.24, 2.45) is 0 Å². The second-order valence-electron chi connectivity index (χ2n) is 6.31. The molecule has 8 nitrogen and oxygen atoms in total. The van der Waals surface area contributed by atoms with E-state index >= 15 is 0 Å². The molecule has 0 saturated carbocycles. The van der Waals surface area contributed by atoms with Crippen molar-refractivity contribution in [3.63, 3.8) is 0 Å². The van der Waals surface area contributed by atoms with Crippen LogP contribution in [-0.4, -0.2) is 38.6 Å². The molecule has 0 atom stereocenters. The van der Waals surface area contributed by atoms with E-state index in [9.17, 15) is 19.7 Å². The van der Waals surface area contributed by atoms with Gasteiger partial charge in [0.2, 0.25) is 5.91 Å². The third-order valence-corrected chi connectivity index (χ3v) is 4.48. The Kier molecular flexibility index (Phi) is 5.40. The molecule has 0 spiro atoms. The Hall–Kier alpha value is -3.03. The first-order valence-electron chi connectivity index (χ1n) is 8.65. The van der Waals surface area contributed by atoms with Crippen LogP contribution in [-0.2, 0) is 11.3 Å². The number of likely N-dealkylation sites (tertiary alicyclic amines) is 1. The molecule has 0 bridgehead atoms. The van der Waals surface area contributed by atoms with Crippen LogP contribution in [0, 0.1) is 10.1 Å². The molecular formula is C18H20N4O4. The van der Waals surface area contributed by atoms with E-state index in [0.29, 0.717) is 11.3 Å². The number of rotatable bonds is 4. The molecule has 0 N–H and O–H groups in total. The molecule has 1 fully saturated rings. The van der Waals surface area contributed by atoms with Crippen molar-refractivity contribution in [3.8, 4) is 11.3 Å². The third-order valence-electron chi connectivity index (χ3n) is 4.48. The van der Waals surface area contributed by atoms with Crippen molar-refractivity contribution in [2.75, 3.05) is 13.1 Å². The number of benzene rings is 1. The molecule has 8 heteroatoms. The maximum Gasteiger partial charge on any atom is 0.269 e. The van der Waals surface area contributed by atoms with Gasteiger partial charge in [-0.2, -0.15) is 5.10 Å². The number of hydrogen-bond donors (Lipinski definition) is 0. The summed E-state index contributed by atoms with van der Waals surface area (Å²) in [6, 6.07) is 8.83. The van der Waals surface area contributed by atoms with Gasteiger partial charge in [0.05, 0.1) is 10.6 Å². The van der Waals surface area contributed by atoms with Gasteiger partial charge in [-0.1, -0.05) is 12.8 Å². The molecule has 1 aromatic heterocycles. The molecule has 1 saturated heterocycles. The molecule has 2 aromatic rings. The van der Waals surface area contributed by atoms with Crippen LogP contribution < -0.4 is 5.56 Å². The Morgan fingerprint density at radius 2 is 1.69 bits per heavy atom. The normalized spacial score (nSPS) is 14.7. The van der Waals surface area contributed by atoms with Gasteiger partial charge in [-0.05, 0) is 31.0 Å². The lowest BCUT2D eigenvalue weighted by Crippen LogP contribution is -2.37. The molecule has 0 aliphatic carbocycles. The van der Waals surface area contributed by atoms with E-state index in [1.807, 2.05) is 0 Å². The fourth-order valence-electron chi connectivity index (χ4n) is 3.02. The lowest BCUT2D eigenvalue weighted by atomic mass is 10.1. The fraction of sp³-hybridized carbons (Fsp3) is 0.389. The second kappa shape index (κ2) is 7.90. The van der Waals surface area contributed by atoms with E-state index in [1.165, 1.54) is 18.2 Å². The SMILES string of the molecule is O=C(Cn1nc(-c2ccc([N+](=O)[O-])cc2)ccc1=O)N1CCCCCC1. The minimum absolute atomic E-state index is 0.0154. The van der Waals surface area contributed by atoms with Crippen molar-refractivity contribution in [3.05, 3.63) is 56.9 Å². The van der Waals surface area contributed by atoms with Crippen LogP contribution in [0.3, 0.4) is 0 Å². The average Bonchev–Trinajstić information content (AvgIpc) is 2.93. The van der Waals surface area contributed by atoms with E-state index in [1.54, 1.807) is 23.1 Å².